The lowest BCUT2D eigenvalue weighted by Crippen LogP contribution is -2.23. The molecular formula is C27H35NO5S. The van der Waals surface area contributed by atoms with Gasteiger partial charge in [-0.25, -0.2) is 13.6 Å². The first kappa shape index (κ1) is 27.4. The summed E-state index contributed by atoms with van der Waals surface area (Å²) < 4.78 is 33.6. The van der Waals surface area contributed by atoms with Crippen LogP contribution in [0.4, 0.5) is 0 Å². The van der Waals surface area contributed by atoms with Crippen LogP contribution in [0.15, 0.2) is 53.4 Å². The van der Waals surface area contributed by atoms with Gasteiger partial charge in [-0.1, -0.05) is 43.2 Å². The molecule has 2 aromatic rings. The van der Waals surface area contributed by atoms with E-state index < -0.39 is 15.6 Å². The number of hydrogen-bond donors (Lipinski definition) is 1. The minimum atomic E-state index is -3.69. The van der Waals surface area contributed by atoms with Crippen LogP contribution in [0.3, 0.4) is 0 Å². The first-order valence-electron chi connectivity index (χ1n) is 11.6. The third kappa shape index (κ3) is 11.4. The molecule has 0 radical (unpaired) electrons. The first-order valence-corrected chi connectivity index (χ1v) is 13.1. The number of primary sulfonamides is 1. The van der Waals surface area contributed by atoms with E-state index in [0.29, 0.717) is 18.8 Å². The molecule has 34 heavy (non-hydrogen) atoms. The van der Waals surface area contributed by atoms with Gasteiger partial charge < -0.3 is 9.47 Å². The summed E-state index contributed by atoms with van der Waals surface area (Å²) >= 11 is 0. The van der Waals surface area contributed by atoms with Crippen LogP contribution in [-0.2, 0) is 26.2 Å². The Morgan fingerprint density at radius 1 is 0.912 bits per heavy atom. The number of nitrogens with two attached hydrogens (primary N) is 1. The van der Waals surface area contributed by atoms with Crippen LogP contribution in [0.25, 0.3) is 0 Å². The molecule has 0 aliphatic carbocycles. The minimum absolute atomic E-state index is 0.0809. The highest BCUT2D eigenvalue weighted by Crippen LogP contribution is 2.16. The van der Waals surface area contributed by atoms with Gasteiger partial charge in [0.1, 0.15) is 18.0 Å². The number of carbonyl (C=O) groups excluding carboxylic acids is 1. The number of rotatable bonds is 11. The topological polar surface area (TPSA) is 95.7 Å². The van der Waals surface area contributed by atoms with E-state index in [1.165, 1.54) is 12.1 Å². The van der Waals surface area contributed by atoms with Crippen molar-refractivity contribution in [3.05, 3.63) is 59.7 Å². The Labute approximate surface area is 203 Å². The summed E-state index contributed by atoms with van der Waals surface area (Å²) in [6.45, 7) is 5.99. The van der Waals surface area contributed by atoms with Crippen molar-refractivity contribution < 1.29 is 22.7 Å². The molecule has 2 aromatic carbocycles. The molecule has 0 fully saturated rings. The molecule has 0 spiro atoms. The molecule has 7 heteroatoms. The van der Waals surface area contributed by atoms with Crippen molar-refractivity contribution in [3.8, 4) is 17.6 Å². The standard InChI is InChI=1S/C27H35NO5S/c1-27(2,3)33-26(29)12-10-8-6-4-5-7-9-11-22-13-17-24(18-14-22)32-21-23-15-19-25(20-16-23)34(28,30)31/h13-20H,4-8,10,12,21H2,1-3H3,(H2,28,30,31). The van der Waals surface area contributed by atoms with Crippen molar-refractivity contribution >= 4 is 16.0 Å². The summed E-state index contributed by atoms with van der Waals surface area (Å²) in [6.07, 6.45) is 6.49. The van der Waals surface area contributed by atoms with Crippen LogP contribution in [0.5, 0.6) is 5.75 Å². The fourth-order valence-electron chi connectivity index (χ4n) is 3.15. The minimum Gasteiger partial charge on any atom is -0.489 e. The fourth-order valence-corrected chi connectivity index (χ4v) is 3.66. The number of unbranched alkanes of at least 4 members (excludes halogenated alkanes) is 5. The second-order valence-electron chi connectivity index (χ2n) is 9.16. The van der Waals surface area contributed by atoms with Crippen molar-refractivity contribution in [3.63, 3.8) is 0 Å². The molecular weight excluding hydrogens is 450 g/mol. The molecule has 0 atom stereocenters. The number of sulfonamides is 1. The zero-order chi connectivity index (χ0) is 25.0. The Bertz CT molecular complexity index is 1070. The van der Waals surface area contributed by atoms with E-state index in [2.05, 4.69) is 11.8 Å². The van der Waals surface area contributed by atoms with Gasteiger partial charge in [0.05, 0.1) is 4.90 Å². The molecule has 0 saturated heterocycles. The van der Waals surface area contributed by atoms with Gasteiger partial charge in [0.2, 0.25) is 10.0 Å². The van der Waals surface area contributed by atoms with E-state index in [9.17, 15) is 13.2 Å². The molecule has 0 amide bonds. The average molecular weight is 486 g/mol. The van der Waals surface area contributed by atoms with Crippen LogP contribution < -0.4 is 9.88 Å². The van der Waals surface area contributed by atoms with Gasteiger partial charge in [0.15, 0.2) is 0 Å². The third-order valence-electron chi connectivity index (χ3n) is 4.85. The second kappa shape index (κ2) is 13.2. The Kier molecular flexibility index (Phi) is 10.6. The molecule has 0 bridgehead atoms. The van der Waals surface area contributed by atoms with Crippen LogP contribution in [0, 0.1) is 11.8 Å². The van der Waals surface area contributed by atoms with Gasteiger partial charge in [-0.3, -0.25) is 4.79 Å². The molecule has 0 saturated carbocycles. The Hall–Kier alpha value is -2.82. The molecule has 6 nitrogen and oxygen atoms in total. The fraction of sp³-hybridized carbons (Fsp3) is 0.444. The van der Waals surface area contributed by atoms with Crippen molar-refractivity contribution in [2.24, 2.45) is 5.14 Å². The summed E-state index contributed by atoms with van der Waals surface area (Å²) in [6, 6.07) is 13.9. The van der Waals surface area contributed by atoms with Gasteiger partial charge in [-0.05, 0) is 75.6 Å². The zero-order valence-electron chi connectivity index (χ0n) is 20.3. The molecule has 184 valence electrons. The Balaban J connectivity index is 1.61. The summed E-state index contributed by atoms with van der Waals surface area (Å²) in [7, 11) is -3.69. The molecule has 0 aliphatic rings. The number of hydrogen-bond acceptors (Lipinski definition) is 5. The maximum atomic E-state index is 11.7. The highest BCUT2D eigenvalue weighted by atomic mass is 32.2. The van der Waals surface area contributed by atoms with Crippen molar-refractivity contribution in [1.82, 2.24) is 0 Å². The molecule has 0 aliphatic heterocycles. The van der Waals surface area contributed by atoms with Crippen LogP contribution >= 0.6 is 0 Å². The van der Waals surface area contributed by atoms with Crippen molar-refractivity contribution in [1.29, 1.82) is 0 Å². The van der Waals surface area contributed by atoms with E-state index in [0.717, 1.165) is 49.7 Å². The van der Waals surface area contributed by atoms with E-state index in [1.54, 1.807) is 12.1 Å². The average Bonchev–Trinajstić information content (AvgIpc) is 2.76. The van der Waals surface area contributed by atoms with Crippen LogP contribution in [-0.4, -0.2) is 20.0 Å². The summed E-state index contributed by atoms with van der Waals surface area (Å²) in [5.74, 6) is 6.97. The molecule has 0 aromatic heterocycles. The van der Waals surface area contributed by atoms with E-state index in [-0.39, 0.29) is 10.9 Å². The third-order valence-corrected chi connectivity index (χ3v) is 5.78. The second-order valence-corrected chi connectivity index (χ2v) is 10.7. The van der Waals surface area contributed by atoms with Crippen LogP contribution in [0.2, 0.25) is 0 Å². The number of carbonyl (C=O) groups is 1. The lowest BCUT2D eigenvalue weighted by Gasteiger charge is -2.19. The molecule has 0 unspecified atom stereocenters. The van der Waals surface area contributed by atoms with Gasteiger partial charge >= 0.3 is 5.97 Å². The number of esters is 1. The molecule has 2 rings (SSSR count). The maximum Gasteiger partial charge on any atom is 0.306 e. The normalized spacial score (nSPS) is 11.4. The summed E-state index contributed by atoms with van der Waals surface area (Å²) in [5.41, 5.74) is 1.37. The van der Waals surface area contributed by atoms with E-state index in [1.807, 2.05) is 45.0 Å². The summed E-state index contributed by atoms with van der Waals surface area (Å²) in [5, 5.41) is 5.10. The van der Waals surface area contributed by atoms with Gasteiger partial charge in [0.25, 0.3) is 0 Å². The monoisotopic (exact) mass is 485 g/mol. The van der Waals surface area contributed by atoms with E-state index >= 15 is 0 Å². The molecule has 2 N–H and O–H groups in total. The SMILES string of the molecule is CC(C)(C)OC(=O)CCCCCCCC#Cc1ccc(OCc2ccc(S(N)(=O)=O)cc2)cc1. The van der Waals surface area contributed by atoms with Crippen LogP contribution in [0.1, 0.15) is 76.8 Å². The quantitative estimate of drug-likeness (QED) is 0.263. The number of benzene rings is 2. The van der Waals surface area contributed by atoms with Gasteiger partial charge in [-0.2, -0.15) is 0 Å². The molecule has 0 heterocycles. The van der Waals surface area contributed by atoms with Gasteiger partial charge in [0, 0.05) is 18.4 Å². The predicted octanol–water partition coefficient (Wildman–Crippen LogP) is 5.34. The predicted molar refractivity (Wildman–Crippen MR) is 134 cm³/mol. The van der Waals surface area contributed by atoms with E-state index in [4.69, 9.17) is 14.6 Å². The lowest BCUT2D eigenvalue weighted by molar-refractivity contribution is -0.154. The Morgan fingerprint density at radius 3 is 2.15 bits per heavy atom. The number of ether oxygens (including phenoxy) is 2. The smallest absolute Gasteiger partial charge is 0.306 e. The van der Waals surface area contributed by atoms with Crippen molar-refractivity contribution in [2.75, 3.05) is 0 Å². The highest BCUT2D eigenvalue weighted by Gasteiger charge is 2.15. The maximum absolute atomic E-state index is 11.7. The zero-order valence-corrected chi connectivity index (χ0v) is 21.1. The largest absolute Gasteiger partial charge is 0.489 e. The van der Waals surface area contributed by atoms with Gasteiger partial charge in [-0.15, -0.1) is 0 Å². The first-order chi connectivity index (χ1) is 16.0. The van der Waals surface area contributed by atoms with Crippen molar-refractivity contribution in [2.45, 2.75) is 82.8 Å². The summed E-state index contributed by atoms with van der Waals surface area (Å²) in [4.78, 5) is 11.7. The highest BCUT2D eigenvalue weighted by molar-refractivity contribution is 7.89. The Morgan fingerprint density at radius 2 is 1.53 bits per heavy atom. The lowest BCUT2D eigenvalue weighted by atomic mass is 10.1.